The Morgan fingerprint density at radius 1 is 1.06 bits per heavy atom. The fourth-order valence-electron chi connectivity index (χ4n) is 2.75. The van der Waals surface area contributed by atoms with Crippen molar-refractivity contribution < 1.29 is 22.7 Å². The third-order valence-electron chi connectivity index (χ3n) is 4.29. The molecule has 0 radical (unpaired) electrons. The Morgan fingerprint density at radius 3 is 2.55 bits per heavy atom. The van der Waals surface area contributed by atoms with Gasteiger partial charge < -0.3 is 14.8 Å². The number of hydrogen-bond acceptors (Lipinski definition) is 6. The largest absolute Gasteiger partial charge is 0.497 e. The van der Waals surface area contributed by atoms with Crippen molar-refractivity contribution in [1.82, 2.24) is 10.3 Å². The second kappa shape index (κ2) is 9.94. The first-order valence-electron chi connectivity index (χ1n) is 9.54. The molecule has 0 saturated heterocycles. The molecule has 0 aliphatic carbocycles. The lowest BCUT2D eigenvalue weighted by Crippen LogP contribution is -2.23. The molecule has 9 heteroatoms. The van der Waals surface area contributed by atoms with Gasteiger partial charge in [-0.2, -0.15) is 0 Å². The molecule has 2 N–H and O–H groups in total. The molecule has 3 rings (SSSR count). The van der Waals surface area contributed by atoms with Crippen LogP contribution in [-0.4, -0.2) is 33.0 Å². The second-order valence-corrected chi connectivity index (χ2v) is 8.16. The van der Waals surface area contributed by atoms with Crippen LogP contribution in [0.3, 0.4) is 0 Å². The first kappa shape index (κ1) is 22.1. The van der Waals surface area contributed by atoms with E-state index in [0.717, 1.165) is 5.56 Å². The third kappa shape index (κ3) is 5.95. The zero-order valence-corrected chi connectivity index (χ0v) is 18.0. The highest BCUT2D eigenvalue weighted by Gasteiger charge is 2.17. The molecule has 31 heavy (non-hydrogen) atoms. The number of carbonyl (C=O) groups excluding carboxylic acids is 1. The summed E-state index contributed by atoms with van der Waals surface area (Å²) in [7, 11) is -2.33. The summed E-state index contributed by atoms with van der Waals surface area (Å²) in [5.41, 5.74) is 1.44. The summed E-state index contributed by atoms with van der Waals surface area (Å²) < 4.78 is 38.3. The molecule has 8 nitrogen and oxygen atoms in total. The molecule has 162 valence electrons. The maximum absolute atomic E-state index is 12.7. The first-order valence-corrected chi connectivity index (χ1v) is 11.0. The normalized spacial score (nSPS) is 10.9. The average Bonchev–Trinajstić information content (AvgIpc) is 2.78. The molecule has 3 aromatic rings. The summed E-state index contributed by atoms with van der Waals surface area (Å²) >= 11 is 0. The molecular formula is C22H23N3O5S. The fraction of sp³-hybridized carbons (Fsp3) is 0.182. The number of anilines is 1. The Labute approximate surface area is 181 Å². The predicted octanol–water partition coefficient (Wildman–Crippen LogP) is 3.22. The van der Waals surface area contributed by atoms with Crippen LogP contribution < -0.4 is 19.5 Å². The van der Waals surface area contributed by atoms with E-state index < -0.39 is 15.9 Å². The van der Waals surface area contributed by atoms with Crippen LogP contribution in [0.4, 0.5) is 5.69 Å². The van der Waals surface area contributed by atoms with Crippen molar-refractivity contribution in [3.05, 3.63) is 78.0 Å². The van der Waals surface area contributed by atoms with Gasteiger partial charge in [-0.3, -0.25) is 9.52 Å². The van der Waals surface area contributed by atoms with Crippen molar-refractivity contribution in [3.8, 4) is 11.6 Å². The quantitative estimate of drug-likeness (QED) is 0.528. The number of methoxy groups -OCH3 is 1. The predicted molar refractivity (Wildman–Crippen MR) is 117 cm³/mol. The molecule has 0 unspecified atom stereocenters. The van der Waals surface area contributed by atoms with E-state index in [0.29, 0.717) is 23.9 Å². The van der Waals surface area contributed by atoms with Gasteiger partial charge in [-0.15, -0.1) is 0 Å². The van der Waals surface area contributed by atoms with E-state index in [9.17, 15) is 13.2 Å². The van der Waals surface area contributed by atoms with E-state index in [1.165, 1.54) is 25.3 Å². The number of nitrogens with zero attached hydrogens (tertiary/aromatic N) is 1. The summed E-state index contributed by atoms with van der Waals surface area (Å²) in [5.74, 6) is 0.701. The molecule has 1 amide bonds. The summed E-state index contributed by atoms with van der Waals surface area (Å²) in [6.45, 7) is 2.61. The lowest BCUT2D eigenvalue weighted by atomic mass is 10.2. The number of aromatic nitrogens is 1. The summed E-state index contributed by atoms with van der Waals surface area (Å²) in [6.07, 6.45) is 1.60. The van der Waals surface area contributed by atoms with Crippen LogP contribution in [0.25, 0.3) is 0 Å². The van der Waals surface area contributed by atoms with Crippen LogP contribution in [0, 0.1) is 0 Å². The molecule has 0 spiro atoms. The first-order chi connectivity index (χ1) is 14.9. The number of amides is 1. The fourth-order valence-corrected chi connectivity index (χ4v) is 3.85. The van der Waals surface area contributed by atoms with Crippen molar-refractivity contribution in [1.29, 1.82) is 0 Å². The van der Waals surface area contributed by atoms with Gasteiger partial charge in [0.05, 0.1) is 18.6 Å². The zero-order chi connectivity index (χ0) is 22.3. The van der Waals surface area contributed by atoms with Crippen LogP contribution in [0.1, 0.15) is 22.8 Å². The highest BCUT2D eigenvalue weighted by atomic mass is 32.2. The van der Waals surface area contributed by atoms with Crippen LogP contribution in [-0.2, 0) is 16.6 Å². The number of benzene rings is 2. The second-order valence-electron chi connectivity index (χ2n) is 6.48. The average molecular weight is 442 g/mol. The van der Waals surface area contributed by atoms with Gasteiger partial charge in [-0.1, -0.05) is 6.07 Å². The molecule has 0 bridgehead atoms. The van der Waals surface area contributed by atoms with Crippen molar-refractivity contribution >= 4 is 21.6 Å². The third-order valence-corrected chi connectivity index (χ3v) is 5.67. The van der Waals surface area contributed by atoms with Crippen LogP contribution in [0.5, 0.6) is 11.6 Å². The minimum Gasteiger partial charge on any atom is -0.497 e. The lowest BCUT2D eigenvalue weighted by molar-refractivity contribution is 0.0950. The maximum Gasteiger partial charge on any atom is 0.261 e. The van der Waals surface area contributed by atoms with E-state index in [4.69, 9.17) is 9.47 Å². The van der Waals surface area contributed by atoms with Gasteiger partial charge in [0, 0.05) is 30.1 Å². The summed E-state index contributed by atoms with van der Waals surface area (Å²) in [5, 5.41) is 2.77. The molecular weight excluding hydrogens is 418 g/mol. The number of carbonyl (C=O) groups is 1. The number of ether oxygens (including phenoxy) is 2. The van der Waals surface area contributed by atoms with Gasteiger partial charge in [-0.05, 0) is 61.0 Å². The zero-order valence-electron chi connectivity index (χ0n) is 17.2. The molecule has 0 aliphatic rings. The van der Waals surface area contributed by atoms with Gasteiger partial charge in [-0.25, -0.2) is 13.4 Å². The van der Waals surface area contributed by atoms with Gasteiger partial charge in [0.25, 0.3) is 15.9 Å². The smallest absolute Gasteiger partial charge is 0.261 e. The molecule has 2 aromatic carbocycles. The van der Waals surface area contributed by atoms with Gasteiger partial charge in [0.15, 0.2) is 0 Å². The Kier molecular flexibility index (Phi) is 7.09. The lowest BCUT2D eigenvalue weighted by Gasteiger charge is -2.11. The molecule has 0 atom stereocenters. The van der Waals surface area contributed by atoms with Crippen molar-refractivity contribution in [2.24, 2.45) is 0 Å². The molecule has 1 heterocycles. The van der Waals surface area contributed by atoms with Crippen molar-refractivity contribution in [3.63, 3.8) is 0 Å². The number of pyridine rings is 1. The van der Waals surface area contributed by atoms with E-state index in [2.05, 4.69) is 15.0 Å². The van der Waals surface area contributed by atoms with Crippen molar-refractivity contribution in [2.45, 2.75) is 18.4 Å². The Morgan fingerprint density at radius 2 is 1.84 bits per heavy atom. The monoisotopic (exact) mass is 441 g/mol. The van der Waals surface area contributed by atoms with Crippen LogP contribution in [0.15, 0.2) is 71.8 Å². The SMILES string of the molecule is CCOc1cc(CNC(=O)c2cccc(S(=O)(=O)Nc3ccc(OC)cc3)c2)ccn1. The Balaban J connectivity index is 1.69. The van der Waals surface area contributed by atoms with Gasteiger partial charge in [0.2, 0.25) is 5.88 Å². The van der Waals surface area contributed by atoms with E-state index in [-0.39, 0.29) is 17.0 Å². The topological polar surface area (TPSA) is 107 Å². The van der Waals surface area contributed by atoms with Gasteiger partial charge in [0.1, 0.15) is 5.75 Å². The minimum absolute atomic E-state index is 0.0153. The van der Waals surface area contributed by atoms with E-state index >= 15 is 0 Å². The molecule has 0 aliphatic heterocycles. The van der Waals surface area contributed by atoms with Gasteiger partial charge >= 0.3 is 0 Å². The number of sulfonamides is 1. The van der Waals surface area contributed by atoms with E-state index in [1.54, 1.807) is 48.7 Å². The highest BCUT2D eigenvalue weighted by molar-refractivity contribution is 7.92. The Hall–Kier alpha value is -3.59. The maximum atomic E-state index is 12.7. The number of hydrogen-bond donors (Lipinski definition) is 2. The standard InChI is InChI=1S/C22H23N3O5S/c1-3-30-21-13-16(11-12-23-21)15-24-22(26)17-5-4-6-20(14-17)31(27,28)25-18-7-9-19(29-2)10-8-18/h4-14,25H,3,15H2,1-2H3,(H,24,26). The number of nitrogens with one attached hydrogen (secondary N) is 2. The Bertz CT molecular complexity index is 1150. The highest BCUT2D eigenvalue weighted by Crippen LogP contribution is 2.20. The molecule has 1 aromatic heterocycles. The summed E-state index contributed by atoms with van der Waals surface area (Å²) in [4.78, 5) is 16.6. The number of rotatable bonds is 9. The molecule has 0 fully saturated rings. The van der Waals surface area contributed by atoms with Crippen molar-refractivity contribution in [2.75, 3.05) is 18.4 Å². The minimum atomic E-state index is -3.86. The van der Waals surface area contributed by atoms with Crippen LogP contribution in [0.2, 0.25) is 0 Å². The summed E-state index contributed by atoms with van der Waals surface area (Å²) in [6, 6.07) is 15.8. The van der Waals surface area contributed by atoms with Crippen LogP contribution >= 0.6 is 0 Å². The van der Waals surface area contributed by atoms with E-state index in [1.807, 2.05) is 6.92 Å². The molecule has 0 saturated carbocycles.